The van der Waals surface area contributed by atoms with E-state index in [4.69, 9.17) is 10.2 Å². The van der Waals surface area contributed by atoms with E-state index in [0.29, 0.717) is 5.92 Å². The van der Waals surface area contributed by atoms with Crippen LogP contribution in [0.25, 0.3) is 0 Å². The summed E-state index contributed by atoms with van der Waals surface area (Å²) in [4.78, 5) is 0. The summed E-state index contributed by atoms with van der Waals surface area (Å²) in [6.45, 7) is 0.344. The quantitative estimate of drug-likeness (QED) is 0.679. The number of aliphatic hydroxyl groups is 2. The zero-order valence-electron chi connectivity index (χ0n) is 10.3. The molecular formula is C15H22O2. The van der Waals surface area contributed by atoms with Gasteiger partial charge >= 0.3 is 0 Å². The zero-order valence-corrected chi connectivity index (χ0v) is 10.3. The van der Waals surface area contributed by atoms with Gasteiger partial charge in [0.05, 0.1) is 6.61 Å². The SMILES string of the molecule is OC/C=C/CC(CCO)CCc1ccccc1. The summed E-state index contributed by atoms with van der Waals surface area (Å²) < 4.78 is 0. The van der Waals surface area contributed by atoms with Gasteiger partial charge in [-0.25, -0.2) is 0 Å². The number of allylic oxidation sites excluding steroid dienone is 1. The number of benzene rings is 1. The van der Waals surface area contributed by atoms with E-state index < -0.39 is 0 Å². The molecule has 17 heavy (non-hydrogen) atoms. The second-order valence-electron chi connectivity index (χ2n) is 4.29. The number of rotatable bonds is 8. The Hall–Kier alpha value is -1.12. The van der Waals surface area contributed by atoms with Gasteiger partial charge < -0.3 is 10.2 Å². The number of hydrogen-bond acceptors (Lipinski definition) is 2. The highest BCUT2D eigenvalue weighted by Crippen LogP contribution is 2.17. The lowest BCUT2D eigenvalue weighted by molar-refractivity contribution is 0.252. The van der Waals surface area contributed by atoms with Gasteiger partial charge in [-0.2, -0.15) is 0 Å². The molecule has 1 aromatic rings. The van der Waals surface area contributed by atoms with Gasteiger partial charge in [0.2, 0.25) is 0 Å². The van der Waals surface area contributed by atoms with E-state index in [0.717, 1.165) is 25.7 Å². The third-order valence-electron chi connectivity index (χ3n) is 2.96. The maximum absolute atomic E-state index is 9.02. The molecule has 0 aliphatic carbocycles. The van der Waals surface area contributed by atoms with Crippen molar-refractivity contribution < 1.29 is 10.2 Å². The molecule has 1 rings (SSSR count). The average Bonchev–Trinajstić information content (AvgIpc) is 2.37. The summed E-state index contributed by atoms with van der Waals surface area (Å²) in [5, 5.41) is 17.7. The molecule has 0 fully saturated rings. The number of aryl methyl sites for hydroxylation is 1. The molecule has 1 unspecified atom stereocenters. The van der Waals surface area contributed by atoms with E-state index >= 15 is 0 Å². The Kier molecular flexibility index (Phi) is 7.35. The molecule has 0 radical (unpaired) electrons. The predicted octanol–water partition coefficient (Wildman–Crippen LogP) is 2.56. The highest BCUT2D eigenvalue weighted by Gasteiger charge is 2.06. The second kappa shape index (κ2) is 8.97. The van der Waals surface area contributed by atoms with Crippen LogP contribution in [0.15, 0.2) is 42.5 Å². The van der Waals surface area contributed by atoms with Gasteiger partial charge in [0.1, 0.15) is 0 Å². The molecule has 0 bridgehead atoms. The normalized spacial score (nSPS) is 13.1. The van der Waals surface area contributed by atoms with E-state index in [-0.39, 0.29) is 13.2 Å². The maximum Gasteiger partial charge on any atom is 0.0612 e. The van der Waals surface area contributed by atoms with Crippen LogP contribution >= 0.6 is 0 Å². The Morgan fingerprint density at radius 1 is 1.00 bits per heavy atom. The van der Waals surface area contributed by atoms with Crippen LogP contribution in [0.5, 0.6) is 0 Å². The molecule has 1 atom stereocenters. The largest absolute Gasteiger partial charge is 0.396 e. The van der Waals surface area contributed by atoms with Crippen molar-refractivity contribution in [2.45, 2.75) is 25.7 Å². The van der Waals surface area contributed by atoms with Crippen molar-refractivity contribution in [2.75, 3.05) is 13.2 Å². The molecule has 2 heteroatoms. The van der Waals surface area contributed by atoms with Crippen molar-refractivity contribution in [1.29, 1.82) is 0 Å². The second-order valence-corrected chi connectivity index (χ2v) is 4.29. The van der Waals surface area contributed by atoms with Crippen LogP contribution < -0.4 is 0 Å². The lowest BCUT2D eigenvalue weighted by atomic mass is 9.93. The van der Waals surface area contributed by atoms with Crippen molar-refractivity contribution in [1.82, 2.24) is 0 Å². The van der Waals surface area contributed by atoms with Gasteiger partial charge in [0.25, 0.3) is 0 Å². The molecule has 0 aliphatic rings. The van der Waals surface area contributed by atoms with Crippen molar-refractivity contribution in [3.63, 3.8) is 0 Å². The minimum Gasteiger partial charge on any atom is -0.396 e. The monoisotopic (exact) mass is 234 g/mol. The van der Waals surface area contributed by atoms with Gasteiger partial charge in [0, 0.05) is 6.61 Å². The van der Waals surface area contributed by atoms with Gasteiger partial charge in [-0.05, 0) is 37.2 Å². The molecule has 0 aliphatic heterocycles. The first kappa shape index (κ1) is 13.9. The molecule has 94 valence electrons. The predicted molar refractivity (Wildman–Crippen MR) is 70.8 cm³/mol. The molecule has 2 nitrogen and oxygen atoms in total. The summed E-state index contributed by atoms with van der Waals surface area (Å²) in [7, 11) is 0. The zero-order chi connectivity index (χ0) is 12.3. The number of aliphatic hydroxyl groups excluding tert-OH is 2. The first-order valence-corrected chi connectivity index (χ1v) is 6.27. The Labute approximate surface area is 104 Å². The molecule has 0 saturated heterocycles. The molecule has 2 N–H and O–H groups in total. The van der Waals surface area contributed by atoms with E-state index in [1.54, 1.807) is 6.08 Å². The van der Waals surface area contributed by atoms with Crippen LogP contribution in [0.3, 0.4) is 0 Å². The molecule has 0 amide bonds. The van der Waals surface area contributed by atoms with E-state index in [2.05, 4.69) is 24.3 Å². The Balaban J connectivity index is 2.36. The lowest BCUT2D eigenvalue weighted by Crippen LogP contribution is -2.04. The summed E-state index contributed by atoms with van der Waals surface area (Å²) in [5.74, 6) is 0.503. The molecule has 0 saturated carbocycles. The van der Waals surface area contributed by atoms with Crippen LogP contribution in [-0.2, 0) is 6.42 Å². The Bertz CT molecular complexity index is 306. The standard InChI is InChI=1S/C15H22O2/c16-12-5-4-8-15(11-13-17)10-9-14-6-2-1-3-7-14/h1-7,15-17H,8-13H2/b5-4+. The topological polar surface area (TPSA) is 40.5 Å². The van der Waals surface area contributed by atoms with Crippen molar-refractivity contribution in [3.05, 3.63) is 48.0 Å². The molecule has 0 spiro atoms. The minimum atomic E-state index is 0.102. The van der Waals surface area contributed by atoms with Crippen molar-refractivity contribution in [3.8, 4) is 0 Å². The van der Waals surface area contributed by atoms with Crippen LogP contribution in [0, 0.1) is 5.92 Å². The van der Waals surface area contributed by atoms with E-state index in [1.165, 1.54) is 5.56 Å². The van der Waals surface area contributed by atoms with Crippen LogP contribution in [-0.4, -0.2) is 23.4 Å². The summed E-state index contributed by atoms with van der Waals surface area (Å²) in [6, 6.07) is 10.4. The molecule has 1 aromatic carbocycles. The first-order valence-electron chi connectivity index (χ1n) is 6.27. The molecule has 0 heterocycles. The highest BCUT2D eigenvalue weighted by molar-refractivity contribution is 5.14. The molecule has 0 aromatic heterocycles. The van der Waals surface area contributed by atoms with Gasteiger partial charge in [-0.15, -0.1) is 0 Å². The van der Waals surface area contributed by atoms with Gasteiger partial charge in [-0.3, -0.25) is 0 Å². The minimum absolute atomic E-state index is 0.102. The van der Waals surface area contributed by atoms with Crippen molar-refractivity contribution in [2.24, 2.45) is 5.92 Å². The van der Waals surface area contributed by atoms with E-state index in [1.807, 2.05) is 12.1 Å². The van der Waals surface area contributed by atoms with Crippen LogP contribution in [0.2, 0.25) is 0 Å². The fourth-order valence-corrected chi connectivity index (χ4v) is 1.94. The van der Waals surface area contributed by atoms with Gasteiger partial charge in [-0.1, -0.05) is 42.5 Å². The lowest BCUT2D eigenvalue weighted by Gasteiger charge is -2.13. The summed E-state index contributed by atoms with van der Waals surface area (Å²) in [5.41, 5.74) is 1.35. The summed E-state index contributed by atoms with van der Waals surface area (Å²) in [6.07, 6.45) is 7.69. The third-order valence-corrected chi connectivity index (χ3v) is 2.96. The highest BCUT2D eigenvalue weighted by atomic mass is 16.3. The van der Waals surface area contributed by atoms with Crippen LogP contribution in [0.1, 0.15) is 24.8 Å². The first-order chi connectivity index (χ1) is 8.36. The third kappa shape index (κ3) is 6.25. The number of hydrogen-bond donors (Lipinski definition) is 2. The van der Waals surface area contributed by atoms with Crippen molar-refractivity contribution >= 4 is 0 Å². The van der Waals surface area contributed by atoms with E-state index in [9.17, 15) is 0 Å². The van der Waals surface area contributed by atoms with Gasteiger partial charge in [0.15, 0.2) is 0 Å². The summed E-state index contributed by atoms with van der Waals surface area (Å²) >= 11 is 0. The fourth-order valence-electron chi connectivity index (χ4n) is 1.94. The smallest absolute Gasteiger partial charge is 0.0612 e. The maximum atomic E-state index is 9.02. The fraction of sp³-hybridized carbons (Fsp3) is 0.467. The Morgan fingerprint density at radius 3 is 2.41 bits per heavy atom. The van der Waals surface area contributed by atoms with Crippen LogP contribution in [0.4, 0.5) is 0 Å². The molecular weight excluding hydrogens is 212 g/mol. The average molecular weight is 234 g/mol. The Morgan fingerprint density at radius 2 is 1.76 bits per heavy atom.